The molecule has 0 atom stereocenters. The summed E-state index contributed by atoms with van der Waals surface area (Å²) in [5, 5.41) is 11.8. The number of carbonyl (C=O) groups is 2. The maximum absolute atomic E-state index is 12.2. The lowest BCUT2D eigenvalue weighted by atomic mass is 9.74. The molecule has 1 aromatic rings. The van der Waals surface area contributed by atoms with Gasteiger partial charge < -0.3 is 10.4 Å². The Morgan fingerprint density at radius 1 is 1.37 bits per heavy atom. The third-order valence-electron chi connectivity index (χ3n) is 3.65. The van der Waals surface area contributed by atoms with E-state index in [2.05, 4.69) is 10.3 Å². The minimum absolute atomic E-state index is 0.0168. The van der Waals surface area contributed by atoms with Crippen LogP contribution in [0.5, 0.6) is 0 Å². The lowest BCUT2D eigenvalue weighted by Crippen LogP contribution is -2.54. The van der Waals surface area contributed by atoms with Gasteiger partial charge in [-0.3, -0.25) is 14.6 Å². The number of carboxylic acid groups (broad SMARTS) is 1. The summed E-state index contributed by atoms with van der Waals surface area (Å²) in [6.07, 6.45) is 2.39. The molecule has 0 saturated heterocycles. The van der Waals surface area contributed by atoms with E-state index in [9.17, 15) is 9.59 Å². The predicted octanol–water partition coefficient (Wildman–Crippen LogP) is 1.83. The summed E-state index contributed by atoms with van der Waals surface area (Å²) >= 11 is 0. The summed E-state index contributed by atoms with van der Waals surface area (Å²) in [4.78, 5) is 27.3. The van der Waals surface area contributed by atoms with Crippen molar-refractivity contribution in [1.82, 2.24) is 10.3 Å². The summed E-state index contributed by atoms with van der Waals surface area (Å²) < 4.78 is 0. The molecular formula is C14H18N2O3. The van der Waals surface area contributed by atoms with Crippen LogP contribution in [0.3, 0.4) is 0 Å². The molecule has 1 aliphatic carbocycles. The predicted molar refractivity (Wildman–Crippen MR) is 70.0 cm³/mol. The van der Waals surface area contributed by atoms with Crippen LogP contribution >= 0.6 is 0 Å². The van der Waals surface area contributed by atoms with E-state index in [0.717, 1.165) is 25.0 Å². The molecule has 1 aromatic heterocycles. The molecule has 0 spiro atoms. The first-order valence-electron chi connectivity index (χ1n) is 6.40. The van der Waals surface area contributed by atoms with Crippen LogP contribution in [0, 0.1) is 13.8 Å². The first-order chi connectivity index (χ1) is 8.92. The Hall–Kier alpha value is -1.91. The Morgan fingerprint density at radius 3 is 2.53 bits per heavy atom. The number of rotatable bonds is 4. The molecule has 1 amide bonds. The number of carbonyl (C=O) groups excluding carboxylic acids is 1. The van der Waals surface area contributed by atoms with Gasteiger partial charge in [0.25, 0.3) is 5.91 Å². The molecule has 0 aromatic carbocycles. The monoisotopic (exact) mass is 262 g/mol. The molecule has 1 aliphatic rings. The fourth-order valence-corrected chi connectivity index (χ4v) is 2.47. The Labute approximate surface area is 112 Å². The molecule has 19 heavy (non-hydrogen) atoms. The first-order valence-corrected chi connectivity index (χ1v) is 6.40. The van der Waals surface area contributed by atoms with E-state index in [0.29, 0.717) is 11.3 Å². The molecule has 102 valence electrons. The molecule has 2 rings (SSSR count). The highest BCUT2D eigenvalue weighted by Gasteiger charge is 2.40. The molecular weight excluding hydrogens is 244 g/mol. The van der Waals surface area contributed by atoms with Gasteiger partial charge in [0.2, 0.25) is 0 Å². The fraction of sp³-hybridized carbons (Fsp3) is 0.500. The molecule has 0 radical (unpaired) electrons. The maximum atomic E-state index is 12.2. The summed E-state index contributed by atoms with van der Waals surface area (Å²) in [6, 6.07) is 3.52. The van der Waals surface area contributed by atoms with Crippen molar-refractivity contribution in [2.75, 3.05) is 0 Å². The minimum Gasteiger partial charge on any atom is -0.481 e. The number of amides is 1. The van der Waals surface area contributed by atoms with E-state index in [1.807, 2.05) is 6.92 Å². The van der Waals surface area contributed by atoms with Gasteiger partial charge in [-0.25, -0.2) is 0 Å². The summed E-state index contributed by atoms with van der Waals surface area (Å²) in [7, 11) is 0. The Kier molecular flexibility index (Phi) is 3.55. The van der Waals surface area contributed by atoms with E-state index in [1.165, 1.54) is 0 Å². The average Bonchev–Trinajstić information content (AvgIpc) is 2.25. The van der Waals surface area contributed by atoms with E-state index in [-0.39, 0.29) is 12.3 Å². The number of hydrogen-bond acceptors (Lipinski definition) is 3. The highest BCUT2D eigenvalue weighted by atomic mass is 16.4. The number of hydrogen-bond donors (Lipinski definition) is 2. The van der Waals surface area contributed by atoms with Gasteiger partial charge in [-0.2, -0.15) is 0 Å². The van der Waals surface area contributed by atoms with Crippen molar-refractivity contribution in [2.45, 2.75) is 45.1 Å². The Balaban J connectivity index is 2.13. The van der Waals surface area contributed by atoms with Crippen molar-refractivity contribution in [3.8, 4) is 0 Å². The topological polar surface area (TPSA) is 79.3 Å². The lowest BCUT2D eigenvalue weighted by molar-refractivity contribution is -0.139. The zero-order valence-corrected chi connectivity index (χ0v) is 11.2. The number of carboxylic acids is 1. The molecule has 0 aliphatic heterocycles. The van der Waals surface area contributed by atoms with Crippen molar-refractivity contribution in [3.05, 3.63) is 29.1 Å². The molecule has 5 nitrogen and oxygen atoms in total. The second-order valence-electron chi connectivity index (χ2n) is 5.24. The van der Waals surface area contributed by atoms with Crippen molar-refractivity contribution in [2.24, 2.45) is 0 Å². The van der Waals surface area contributed by atoms with Gasteiger partial charge in [0.05, 0.1) is 23.2 Å². The molecule has 1 fully saturated rings. The smallest absolute Gasteiger partial charge is 0.305 e. The van der Waals surface area contributed by atoms with Gasteiger partial charge in [0.15, 0.2) is 0 Å². The van der Waals surface area contributed by atoms with E-state index >= 15 is 0 Å². The zero-order chi connectivity index (χ0) is 14.0. The fourth-order valence-electron chi connectivity index (χ4n) is 2.47. The van der Waals surface area contributed by atoms with E-state index < -0.39 is 11.5 Å². The van der Waals surface area contributed by atoms with Crippen LogP contribution in [-0.2, 0) is 4.79 Å². The van der Waals surface area contributed by atoms with Gasteiger partial charge in [-0.1, -0.05) is 0 Å². The molecule has 1 heterocycles. The van der Waals surface area contributed by atoms with Crippen LogP contribution in [-0.4, -0.2) is 27.5 Å². The number of nitrogens with one attached hydrogen (secondary N) is 1. The number of aryl methyl sites for hydroxylation is 2. The standard InChI is InChI=1S/C14H18N2O3/c1-9-4-5-11(10(2)15-9)13(19)16-14(6-3-7-14)8-12(17)18/h4-5H,3,6-8H2,1-2H3,(H,16,19)(H,17,18). The molecule has 2 N–H and O–H groups in total. The van der Waals surface area contributed by atoms with Crippen LogP contribution in [0.15, 0.2) is 12.1 Å². The van der Waals surface area contributed by atoms with Crippen LogP contribution in [0.1, 0.15) is 47.4 Å². The van der Waals surface area contributed by atoms with Gasteiger partial charge in [-0.15, -0.1) is 0 Å². The summed E-state index contributed by atoms with van der Waals surface area (Å²) in [6.45, 7) is 3.65. The average molecular weight is 262 g/mol. The second-order valence-corrected chi connectivity index (χ2v) is 5.24. The van der Waals surface area contributed by atoms with Crippen molar-refractivity contribution in [1.29, 1.82) is 0 Å². The molecule has 5 heteroatoms. The van der Waals surface area contributed by atoms with Crippen LogP contribution < -0.4 is 5.32 Å². The molecule has 0 unspecified atom stereocenters. The normalized spacial score (nSPS) is 16.5. The molecule has 1 saturated carbocycles. The SMILES string of the molecule is Cc1ccc(C(=O)NC2(CC(=O)O)CCC2)c(C)n1. The van der Waals surface area contributed by atoms with Gasteiger partial charge >= 0.3 is 5.97 Å². The van der Waals surface area contributed by atoms with E-state index in [1.54, 1.807) is 19.1 Å². The largest absolute Gasteiger partial charge is 0.481 e. The van der Waals surface area contributed by atoms with Gasteiger partial charge in [0.1, 0.15) is 0 Å². The van der Waals surface area contributed by atoms with Gasteiger partial charge in [0, 0.05) is 5.69 Å². The highest BCUT2D eigenvalue weighted by Crippen LogP contribution is 2.35. The second kappa shape index (κ2) is 4.99. The maximum Gasteiger partial charge on any atom is 0.305 e. The summed E-state index contributed by atoms with van der Waals surface area (Å²) in [5.74, 6) is -1.11. The van der Waals surface area contributed by atoms with Crippen molar-refractivity contribution in [3.63, 3.8) is 0 Å². The lowest BCUT2D eigenvalue weighted by Gasteiger charge is -2.41. The quantitative estimate of drug-likeness (QED) is 0.867. The first kappa shape index (κ1) is 13.5. The van der Waals surface area contributed by atoms with Gasteiger partial charge in [-0.05, 0) is 45.2 Å². The number of pyridine rings is 1. The number of nitrogens with zero attached hydrogens (tertiary/aromatic N) is 1. The zero-order valence-electron chi connectivity index (χ0n) is 11.2. The van der Waals surface area contributed by atoms with Crippen molar-refractivity contribution >= 4 is 11.9 Å². The third kappa shape index (κ3) is 2.92. The third-order valence-corrected chi connectivity index (χ3v) is 3.65. The summed E-state index contributed by atoms with van der Waals surface area (Å²) in [5.41, 5.74) is 1.47. The molecule has 0 bridgehead atoms. The minimum atomic E-state index is -0.876. The highest BCUT2D eigenvalue weighted by molar-refractivity contribution is 5.96. The number of aliphatic carboxylic acids is 1. The van der Waals surface area contributed by atoms with E-state index in [4.69, 9.17) is 5.11 Å². The Morgan fingerprint density at radius 2 is 2.05 bits per heavy atom. The number of aromatic nitrogens is 1. The Bertz CT molecular complexity index is 521. The van der Waals surface area contributed by atoms with Crippen LogP contribution in [0.2, 0.25) is 0 Å². The van der Waals surface area contributed by atoms with Crippen molar-refractivity contribution < 1.29 is 14.7 Å². The van der Waals surface area contributed by atoms with Crippen LogP contribution in [0.25, 0.3) is 0 Å². The van der Waals surface area contributed by atoms with Crippen LogP contribution in [0.4, 0.5) is 0 Å².